The lowest BCUT2D eigenvalue weighted by Crippen LogP contribution is -2.07. The Morgan fingerprint density at radius 2 is 1.00 bits per heavy atom. The predicted octanol–water partition coefficient (Wildman–Crippen LogP) is 5.28. The molecule has 0 aromatic carbocycles. The van der Waals surface area contributed by atoms with Gasteiger partial charge in [0.15, 0.2) is 0 Å². The van der Waals surface area contributed by atoms with Crippen molar-refractivity contribution in [2.45, 2.75) is 40.5 Å². The average molecular weight is 295 g/mol. The number of rotatable bonds is 12. The molecule has 0 aromatic heterocycles. The summed E-state index contributed by atoms with van der Waals surface area (Å²) in [7, 11) is 0. The summed E-state index contributed by atoms with van der Waals surface area (Å²) < 4.78 is 0. The Kier molecular flexibility index (Phi) is 14.3. The Morgan fingerprint density at radius 3 is 1.35 bits per heavy atom. The molecule has 0 heterocycles. The van der Waals surface area contributed by atoms with Crippen LogP contribution in [0.15, 0.2) is 0 Å². The van der Waals surface area contributed by atoms with Crippen LogP contribution >= 0.6 is 35.3 Å². The highest BCUT2D eigenvalue weighted by atomic mass is 32.2. The minimum atomic E-state index is 0.882. The standard InChI is InChI=1S/C14H30S3/c1-5-7-15-9-13(3)11-17-12-14(4)10-16-8-6-2/h13-14H,5-12H2,1-4H3. The summed E-state index contributed by atoms with van der Waals surface area (Å²) in [6.07, 6.45) is 2.63. The molecule has 2 unspecified atom stereocenters. The van der Waals surface area contributed by atoms with Crippen LogP contribution in [0.2, 0.25) is 0 Å². The lowest BCUT2D eigenvalue weighted by atomic mass is 10.3. The van der Waals surface area contributed by atoms with Gasteiger partial charge < -0.3 is 0 Å². The Bertz CT molecular complexity index is 134. The van der Waals surface area contributed by atoms with Crippen LogP contribution in [0.25, 0.3) is 0 Å². The molecule has 0 aliphatic carbocycles. The van der Waals surface area contributed by atoms with Gasteiger partial charge in [-0.3, -0.25) is 0 Å². The fraction of sp³-hybridized carbons (Fsp3) is 1.00. The number of thioether (sulfide) groups is 3. The molecule has 0 saturated heterocycles. The van der Waals surface area contributed by atoms with Gasteiger partial charge in [-0.1, -0.05) is 27.7 Å². The van der Waals surface area contributed by atoms with Gasteiger partial charge in [-0.15, -0.1) is 0 Å². The molecule has 0 spiro atoms. The molecule has 0 aromatic rings. The topological polar surface area (TPSA) is 0 Å². The monoisotopic (exact) mass is 294 g/mol. The third-order valence-electron chi connectivity index (χ3n) is 2.31. The Balaban J connectivity index is 3.29. The smallest absolute Gasteiger partial charge is 0.00338 e. The fourth-order valence-electron chi connectivity index (χ4n) is 1.42. The van der Waals surface area contributed by atoms with Crippen molar-refractivity contribution in [1.29, 1.82) is 0 Å². The average Bonchev–Trinajstić information content (AvgIpc) is 2.30. The maximum atomic E-state index is 2.39. The quantitative estimate of drug-likeness (QED) is 0.450. The van der Waals surface area contributed by atoms with Gasteiger partial charge in [0.2, 0.25) is 0 Å². The summed E-state index contributed by atoms with van der Waals surface area (Å²) in [6, 6.07) is 0. The second-order valence-corrected chi connectivity index (χ2v) is 8.27. The minimum Gasteiger partial charge on any atom is -0.162 e. The third-order valence-corrected chi connectivity index (χ3v) is 6.92. The molecule has 3 heteroatoms. The molecule has 0 aliphatic rings. The van der Waals surface area contributed by atoms with Crippen LogP contribution in [0.5, 0.6) is 0 Å². The van der Waals surface area contributed by atoms with Crippen molar-refractivity contribution in [1.82, 2.24) is 0 Å². The summed E-state index contributed by atoms with van der Waals surface area (Å²) in [5, 5.41) is 0. The number of hydrogen-bond acceptors (Lipinski definition) is 3. The molecule has 0 fully saturated rings. The second kappa shape index (κ2) is 13.5. The highest BCUT2D eigenvalue weighted by molar-refractivity contribution is 8.00. The van der Waals surface area contributed by atoms with E-state index in [-0.39, 0.29) is 0 Å². The van der Waals surface area contributed by atoms with Crippen LogP contribution in [0.3, 0.4) is 0 Å². The van der Waals surface area contributed by atoms with Gasteiger partial charge in [-0.25, -0.2) is 0 Å². The molecule has 2 atom stereocenters. The lowest BCUT2D eigenvalue weighted by Gasteiger charge is -2.13. The van der Waals surface area contributed by atoms with E-state index in [0.717, 1.165) is 11.8 Å². The molecule has 17 heavy (non-hydrogen) atoms. The van der Waals surface area contributed by atoms with E-state index in [9.17, 15) is 0 Å². The molecule has 0 bridgehead atoms. The summed E-state index contributed by atoms with van der Waals surface area (Å²) in [5.74, 6) is 9.82. The maximum Gasteiger partial charge on any atom is -0.00338 e. The highest BCUT2D eigenvalue weighted by Crippen LogP contribution is 2.19. The van der Waals surface area contributed by atoms with Crippen LogP contribution in [-0.2, 0) is 0 Å². The van der Waals surface area contributed by atoms with Crippen molar-refractivity contribution in [2.24, 2.45) is 11.8 Å². The molecule has 0 aliphatic heterocycles. The van der Waals surface area contributed by atoms with Gasteiger partial charge in [0, 0.05) is 0 Å². The highest BCUT2D eigenvalue weighted by Gasteiger charge is 2.06. The van der Waals surface area contributed by atoms with Crippen molar-refractivity contribution >= 4 is 35.3 Å². The van der Waals surface area contributed by atoms with E-state index in [0.29, 0.717) is 0 Å². The van der Waals surface area contributed by atoms with E-state index in [1.807, 2.05) is 0 Å². The normalized spacial score (nSPS) is 14.8. The van der Waals surface area contributed by atoms with Gasteiger partial charge in [0.05, 0.1) is 0 Å². The zero-order valence-corrected chi connectivity index (χ0v) is 14.5. The van der Waals surface area contributed by atoms with Crippen molar-refractivity contribution in [3.05, 3.63) is 0 Å². The Hall–Kier alpha value is 1.05. The molecule has 104 valence electrons. The largest absolute Gasteiger partial charge is 0.162 e. The van der Waals surface area contributed by atoms with Gasteiger partial charge in [-0.05, 0) is 59.2 Å². The second-order valence-electron chi connectivity index (χ2n) is 4.90. The van der Waals surface area contributed by atoms with Gasteiger partial charge in [0.1, 0.15) is 0 Å². The van der Waals surface area contributed by atoms with Crippen molar-refractivity contribution in [3.8, 4) is 0 Å². The van der Waals surface area contributed by atoms with Gasteiger partial charge >= 0.3 is 0 Å². The van der Waals surface area contributed by atoms with Gasteiger partial charge in [0.25, 0.3) is 0 Å². The van der Waals surface area contributed by atoms with E-state index in [4.69, 9.17) is 0 Å². The summed E-state index contributed by atoms with van der Waals surface area (Å²) in [5.41, 5.74) is 0. The molecule has 0 saturated carbocycles. The van der Waals surface area contributed by atoms with Crippen molar-refractivity contribution in [3.63, 3.8) is 0 Å². The molecule has 0 amide bonds. The SMILES string of the molecule is CCCSCC(C)CSCC(C)CSCCC. The predicted molar refractivity (Wildman–Crippen MR) is 90.9 cm³/mol. The van der Waals surface area contributed by atoms with E-state index in [2.05, 4.69) is 63.0 Å². The first-order valence-corrected chi connectivity index (χ1v) is 10.4. The molecule has 0 rings (SSSR count). The molecule has 0 N–H and O–H groups in total. The molecule has 0 nitrogen and oxygen atoms in total. The van der Waals surface area contributed by atoms with Crippen LogP contribution < -0.4 is 0 Å². The first kappa shape index (κ1) is 18.0. The summed E-state index contributed by atoms with van der Waals surface area (Å²) >= 11 is 6.40. The Morgan fingerprint density at radius 1 is 0.647 bits per heavy atom. The van der Waals surface area contributed by atoms with Gasteiger partial charge in [-0.2, -0.15) is 35.3 Å². The summed E-state index contributed by atoms with van der Waals surface area (Å²) in [4.78, 5) is 0. The van der Waals surface area contributed by atoms with Crippen LogP contribution in [0.4, 0.5) is 0 Å². The third kappa shape index (κ3) is 13.3. The number of hydrogen-bond donors (Lipinski definition) is 0. The van der Waals surface area contributed by atoms with E-state index >= 15 is 0 Å². The zero-order chi connectivity index (χ0) is 12.9. The zero-order valence-electron chi connectivity index (χ0n) is 12.0. The van der Waals surface area contributed by atoms with Crippen LogP contribution in [0.1, 0.15) is 40.5 Å². The van der Waals surface area contributed by atoms with E-state index in [1.54, 1.807) is 0 Å². The molecular formula is C14H30S3. The van der Waals surface area contributed by atoms with Crippen LogP contribution in [-0.4, -0.2) is 34.5 Å². The first-order chi connectivity index (χ1) is 8.20. The summed E-state index contributed by atoms with van der Waals surface area (Å²) in [6.45, 7) is 9.32. The van der Waals surface area contributed by atoms with Crippen molar-refractivity contribution in [2.75, 3.05) is 34.5 Å². The van der Waals surface area contributed by atoms with E-state index in [1.165, 1.54) is 47.4 Å². The maximum absolute atomic E-state index is 2.39. The van der Waals surface area contributed by atoms with E-state index < -0.39 is 0 Å². The molecular weight excluding hydrogens is 264 g/mol. The first-order valence-electron chi connectivity index (χ1n) is 6.93. The fourth-order valence-corrected chi connectivity index (χ4v) is 4.85. The lowest BCUT2D eigenvalue weighted by molar-refractivity contribution is 0.743. The van der Waals surface area contributed by atoms with Crippen molar-refractivity contribution < 1.29 is 0 Å². The minimum absolute atomic E-state index is 0.882. The molecule has 0 radical (unpaired) electrons. The Labute approximate surface area is 122 Å². The van der Waals surface area contributed by atoms with Crippen LogP contribution in [0, 0.1) is 11.8 Å².